The van der Waals surface area contributed by atoms with Crippen LogP contribution < -0.4 is 4.90 Å². The Morgan fingerprint density at radius 1 is 1.33 bits per heavy atom. The van der Waals surface area contributed by atoms with Crippen LogP contribution in [0, 0.1) is 13.8 Å². The molecule has 0 aliphatic rings. The summed E-state index contributed by atoms with van der Waals surface area (Å²) in [5.74, 6) is -0.810. The second-order valence-corrected chi connectivity index (χ2v) is 3.89. The van der Waals surface area contributed by atoms with Crippen molar-refractivity contribution in [2.45, 2.75) is 26.8 Å². The Hall–Kier alpha value is -1.51. The standard InChI is InChI=1S/C12H17NO2/c1-8-5-6-11(7-9(8)2)13(4)10(3)12(14)15/h5-7,10H,1-4H3,(H,14,15)/t10-/m1/s1. The van der Waals surface area contributed by atoms with E-state index in [1.807, 2.05) is 32.0 Å². The van der Waals surface area contributed by atoms with Gasteiger partial charge < -0.3 is 10.0 Å². The van der Waals surface area contributed by atoms with Crippen molar-refractivity contribution in [2.24, 2.45) is 0 Å². The quantitative estimate of drug-likeness (QED) is 0.826. The maximum absolute atomic E-state index is 10.8. The molecule has 0 saturated carbocycles. The van der Waals surface area contributed by atoms with Crippen molar-refractivity contribution in [3.8, 4) is 0 Å². The number of nitrogens with zero attached hydrogens (tertiary/aromatic N) is 1. The smallest absolute Gasteiger partial charge is 0.326 e. The molecule has 0 fully saturated rings. The van der Waals surface area contributed by atoms with Crippen LogP contribution in [0.15, 0.2) is 18.2 Å². The SMILES string of the molecule is Cc1ccc(N(C)[C@H](C)C(=O)O)cc1C. The van der Waals surface area contributed by atoms with Crippen molar-refractivity contribution in [2.75, 3.05) is 11.9 Å². The Labute approximate surface area is 90.3 Å². The van der Waals surface area contributed by atoms with Crippen molar-refractivity contribution in [3.05, 3.63) is 29.3 Å². The van der Waals surface area contributed by atoms with Crippen LogP contribution in [0.5, 0.6) is 0 Å². The first-order valence-electron chi connectivity index (χ1n) is 4.96. The fourth-order valence-corrected chi connectivity index (χ4v) is 1.33. The summed E-state index contributed by atoms with van der Waals surface area (Å²) in [7, 11) is 1.79. The lowest BCUT2D eigenvalue weighted by atomic mass is 10.1. The van der Waals surface area contributed by atoms with Crippen LogP contribution in [0.25, 0.3) is 0 Å². The zero-order chi connectivity index (χ0) is 11.6. The van der Waals surface area contributed by atoms with Crippen molar-refractivity contribution in [1.82, 2.24) is 0 Å². The van der Waals surface area contributed by atoms with Crippen LogP contribution >= 0.6 is 0 Å². The van der Waals surface area contributed by atoms with E-state index in [0.717, 1.165) is 5.69 Å². The predicted molar refractivity (Wildman–Crippen MR) is 61.4 cm³/mol. The molecule has 82 valence electrons. The molecule has 0 amide bonds. The van der Waals surface area contributed by atoms with Gasteiger partial charge in [-0.3, -0.25) is 0 Å². The molecule has 0 aromatic heterocycles. The Morgan fingerprint density at radius 3 is 2.40 bits per heavy atom. The van der Waals surface area contributed by atoms with Gasteiger partial charge in [-0.05, 0) is 44.0 Å². The van der Waals surface area contributed by atoms with Crippen molar-refractivity contribution >= 4 is 11.7 Å². The topological polar surface area (TPSA) is 40.5 Å². The second kappa shape index (κ2) is 4.34. The summed E-state index contributed by atoms with van der Waals surface area (Å²) in [4.78, 5) is 12.6. The summed E-state index contributed by atoms with van der Waals surface area (Å²) in [6.07, 6.45) is 0. The molecule has 3 nitrogen and oxygen atoms in total. The van der Waals surface area contributed by atoms with Gasteiger partial charge in [0.1, 0.15) is 6.04 Å². The van der Waals surface area contributed by atoms with E-state index in [-0.39, 0.29) is 0 Å². The molecule has 0 unspecified atom stereocenters. The Balaban J connectivity index is 2.96. The maximum Gasteiger partial charge on any atom is 0.326 e. The van der Waals surface area contributed by atoms with Crippen LogP contribution in [-0.2, 0) is 4.79 Å². The van der Waals surface area contributed by atoms with Crippen molar-refractivity contribution in [1.29, 1.82) is 0 Å². The van der Waals surface area contributed by atoms with Gasteiger partial charge >= 0.3 is 5.97 Å². The largest absolute Gasteiger partial charge is 0.480 e. The fraction of sp³-hybridized carbons (Fsp3) is 0.417. The van der Waals surface area contributed by atoms with Gasteiger partial charge in [0.25, 0.3) is 0 Å². The number of anilines is 1. The minimum Gasteiger partial charge on any atom is -0.480 e. The van der Waals surface area contributed by atoms with Gasteiger partial charge in [-0.15, -0.1) is 0 Å². The third-order valence-electron chi connectivity index (χ3n) is 2.84. The van der Waals surface area contributed by atoms with Gasteiger partial charge in [0.05, 0.1) is 0 Å². The summed E-state index contributed by atoms with van der Waals surface area (Å²) in [6, 6.07) is 5.46. The zero-order valence-electron chi connectivity index (χ0n) is 9.61. The summed E-state index contributed by atoms with van der Waals surface area (Å²) in [5, 5.41) is 8.90. The van der Waals surface area contributed by atoms with E-state index in [1.54, 1.807) is 18.9 Å². The molecule has 15 heavy (non-hydrogen) atoms. The highest BCUT2D eigenvalue weighted by Crippen LogP contribution is 2.19. The van der Waals surface area contributed by atoms with E-state index < -0.39 is 12.0 Å². The van der Waals surface area contributed by atoms with E-state index >= 15 is 0 Å². The molecular formula is C12H17NO2. The number of benzene rings is 1. The van der Waals surface area contributed by atoms with E-state index in [9.17, 15) is 4.79 Å². The summed E-state index contributed by atoms with van der Waals surface area (Å²) < 4.78 is 0. The summed E-state index contributed by atoms with van der Waals surface area (Å²) >= 11 is 0. The molecule has 1 aromatic carbocycles. The first kappa shape index (κ1) is 11.6. The molecule has 0 heterocycles. The molecule has 0 aliphatic heterocycles. The number of hydrogen-bond acceptors (Lipinski definition) is 2. The molecular weight excluding hydrogens is 190 g/mol. The Kier molecular flexibility index (Phi) is 3.35. The minimum atomic E-state index is -0.810. The van der Waals surface area contributed by atoms with Crippen molar-refractivity contribution < 1.29 is 9.90 Å². The van der Waals surface area contributed by atoms with Gasteiger partial charge in [0, 0.05) is 12.7 Å². The highest BCUT2D eigenvalue weighted by Gasteiger charge is 2.17. The third-order valence-corrected chi connectivity index (χ3v) is 2.84. The van der Waals surface area contributed by atoms with E-state index in [4.69, 9.17) is 5.11 Å². The predicted octanol–water partition coefficient (Wildman–Crippen LogP) is 2.21. The van der Waals surface area contributed by atoms with Gasteiger partial charge in [0.2, 0.25) is 0 Å². The Bertz CT molecular complexity index is 374. The number of aryl methyl sites for hydroxylation is 2. The van der Waals surface area contributed by atoms with Crippen LogP contribution in [0.1, 0.15) is 18.1 Å². The second-order valence-electron chi connectivity index (χ2n) is 3.89. The molecule has 0 saturated heterocycles. The van der Waals surface area contributed by atoms with E-state index in [1.165, 1.54) is 11.1 Å². The molecule has 0 radical (unpaired) electrons. The van der Waals surface area contributed by atoms with Crippen LogP contribution in [0.4, 0.5) is 5.69 Å². The Morgan fingerprint density at radius 2 is 1.93 bits per heavy atom. The first-order chi connectivity index (χ1) is 6.93. The minimum absolute atomic E-state index is 0.507. The summed E-state index contributed by atoms with van der Waals surface area (Å²) in [6.45, 7) is 5.75. The average molecular weight is 207 g/mol. The van der Waals surface area contributed by atoms with E-state index in [2.05, 4.69) is 0 Å². The molecule has 0 spiro atoms. The van der Waals surface area contributed by atoms with Crippen LogP contribution in [0.2, 0.25) is 0 Å². The number of carboxylic acids is 1. The molecule has 3 heteroatoms. The van der Waals surface area contributed by atoms with E-state index in [0.29, 0.717) is 0 Å². The van der Waals surface area contributed by atoms with Crippen LogP contribution in [-0.4, -0.2) is 24.2 Å². The fourth-order valence-electron chi connectivity index (χ4n) is 1.33. The first-order valence-corrected chi connectivity index (χ1v) is 4.96. The summed E-state index contributed by atoms with van der Waals surface area (Å²) in [5.41, 5.74) is 3.33. The number of aliphatic carboxylic acids is 1. The highest BCUT2D eigenvalue weighted by molar-refractivity contribution is 5.77. The molecule has 1 rings (SSSR count). The van der Waals surface area contributed by atoms with Gasteiger partial charge in [-0.25, -0.2) is 4.79 Å². The van der Waals surface area contributed by atoms with Gasteiger partial charge in [-0.1, -0.05) is 6.07 Å². The number of carboxylic acid groups (broad SMARTS) is 1. The number of likely N-dealkylation sites (N-methyl/N-ethyl adjacent to an activating group) is 1. The van der Waals surface area contributed by atoms with Gasteiger partial charge in [-0.2, -0.15) is 0 Å². The lowest BCUT2D eigenvalue weighted by Gasteiger charge is -2.24. The monoisotopic (exact) mass is 207 g/mol. The normalized spacial score (nSPS) is 12.3. The number of hydrogen-bond donors (Lipinski definition) is 1. The lowest BCUT2D eigenvalue weighted by molar-refractivity contribution is -0.138. The third kappa shape index (κ3) is 2.49. The van der Waals surface area contributed by atoms with Gasteiger partial charge in [0.15, 0.2) is 0 Å². The zero-order valence-corrected chi connectivity index (χ0v) is 9.61. The molecule has 1 N–H and O–H groups in total. The molecule has 0 bridgehead atoms. The average Bonchev–Trinajstić information content (AvgIpc) is 2.19. The lowest BCUT2D eigenvalue weighted by Crippen LogP contribution is -2.35. The van der Waals surface area contributed by atoms with Crippen molar-refractivity contribution in [3.63, 3.8) is 0 Å². The molecule has 0 aliphatic carbocycles. The highest BCUT2D eigenvalue weighted by atomic mass is 16.4. The number of carbonyl (C=O) groups is 1. The maximum atomic E-state index is 10.8. The van der Waals surface area contributed by atoms with Crippen LogP contribution in [0.3, 0.4) is 0 Å². The molecule has 1 aromatic rings. The number of rotatable bonds is 3. The molecule has 1 atom stereocenters.